The van der Waals surface area contributed by atoms with Crippen LogP contribution < -0.4 is 4.90 Å². The van der Waals surface area contributed by atoms with Crippen LogP contribution in [0.4, 0.5) is 5.82 Å². The summed E-state index contributed by atoms with van der Waals surface area (Å²) in [5, 5.41) is 1.84. The highest BCUT2D eigenvalue weighted by molar-refractivity contribution is 6.31. The van der Waals surface area contributed by atoms with Crippen LogP contribution in [0.1, 0.15) is 13.8 Å². The molecule has 0 aliphatic rings. The van der Waals surface area contributed by atoms with E-state index in [1.807, 2.05) is 24.3 Å². The van der Waals surface area contributed by atoms with Gasteiger partial charge in [0, 0.05) is 23.5 Å². The van der Waals surface area contributed by atoms with E-state index in [1.165, 1.54) is 0 Å². The molecule has 3 heteroatoms. The van der Waals surface area contributed by atoms with Crippen molar-refractivity contribution in [2.24, 2.45) is 0 Å². The summed E-state index contributed by atoms with van der Waals surface area (Å²) in [6.45, 7) is 6.22. The molecule has 0 bridgehead atoms. The number of benzene rings is 1. The Labute approximate surface area is 101 Å². The van der Waals surface area contributed by atoms with Gasteiger partial charge in [-0.1, -0.05) is 11.6 Å². The van der Waals surface area contributed by atoms with Crippen LogP contribution in [0.5, 0.6) is 0 Å². The maximum absolute atomic E-state index is 5.94. The number of halogens is 1. The van der Waals surface area contributed by atoms with Crippen LogP contribution in [0.3, 0.4) is 0 Å². The quantitative estimate of drug-likeness (QED) is 0.805. The summed E-state index contributed by atoms with van der Waals surface area (Å²) < 4.78 is 0. The van der Waals surface area contributed by atoms with Crippen LogP contribution in [-0.2, 0) is 0 Å². The standard InChI is InChI=1S/C13H15ClN2/c1-3-16(4-2)13-8-5-10-9-11(14)6-7-12(10)15-13/h5-9H,3-4H2,1-2H3. The third-order valence-electron chi connectivity index (χ3n) is 2.72. The molecule has 16 heavy (non-hydrogen) atoms. The highest BCUT2D eigenvalue weighted by Gasteiger charge is 2.04. The number of nitrogens with zero attached hydrogens (tertiary/aromatic N) is 2. The Morgan fingerprint density at radius 1 is 1.12 bits per heavy atom. The third kappa shape index (κ3) is 2.12. The van der Waals surface area contributed by atoms with Crippen molar-refractivity contribution in [3.63, 3.8) is 0 Å². The Hall–Kier alpha value is -1.28. The lowest BCUT2D eigenvalue weighted by Crippen LogP contribution is -2.22. The summed E-state index contributed by atoms with van der Waals surface area (Å²) in [6.07, 6.45) is 0. The van der Waals surface area contributed by atoms with Gasteiger partial charge in [0.25, 0.3) is 0 Å². The van der Waals surface area contributed by atoms with Crippen molar-refractivity contribution in [2.45, 2.75) is 13.8 Å². The third-order valence-corrected chi connectivity index (χ3v) is 2.96. The molecule has 0 aliphatic carbocycles. The SMILES string of the molecule is CCN(CC)c1ccc2cc(Cl)ccc2n1. The van der Waals surface area contributed by atoms with Crippen LogP contribution >= 0.6 is 11.6 Å². The molecule has 1 aromatic heterocycles. The lowest BCUT2D eigenvalue weighted by atomic mass is 10.2. The molecule has 0 spiro atoms. The van der Waals surface area contributed by atoms with E-state index in [-0.39, 0.29) is 0 Å². The first-order valence-corrected chi connectivity index (χ1v) is 5.93. The molecule has 0 radical (unpaired) electrons. The van der Waals surface area contributed by atoms with Gasteiger partial charge >= 0.3 is 0 Å². The van der Waals surface area contributed by atoms with E-state index in [4.69, 9.17) is 11.6 Å². The Kier molecular flexibility index (Phi) is 3.30. The number of hydrogen-bond acceptors (Lipinski definition) is 2. The fourth-order valence-corrected chi connectivity index (χ4v) is 1.99. The number of fused-ring (bicyclic) bond motifs is 1. The monoisotopic (exact) mass is 234 g/mol. The second kappa shape index (κ2) is 4.71. The Bertz CT molecular complexity index is 492. The van der Waals surface area contributed by atoms with Crippen molar-refractivity contribution in [3.8, 4) is 0 Å². The second-order valence-corrected chi connectivity index (χ2v) is 4.12. The molecule has 1 heterocycles. The van der Waals surface area contributed by atoms with E-state index in [0.717, 1.165) is 34.8 Å². The topological polar surface area (TPSA) is 16.1 Å². The summed E-state index contributed by atoms with van der Waals surface area (Å²) in [5.74, 6) is 1.03. The van der Waals surface area contributed by atoms with Gasteiger partial charge in [-0.15, -0.1) is 0 Å². The highest BCUT2D eigenvalue weighted by atomic mass is 35.5. The molecule has 2 aromatic rings. The van der Waals surface area contributed by atoms with E-state index in [0.29, 0.717) is 0 Å². The van der Waals surface area contributed by atoms with E-state index < -0.39 is 0 Å². The van der Waals surface area contributed by atoms with Gasteiger partial charge in [-0.3, -0.25) is 0 Å². The van der Waals surface area contributed by atoms with Crippen molar-refractivity contribution in [1.29, 1.82) is 0 Å². The van der Waals surface area contributed by atoms with Gasteiger partial charge in [-0.2, -0.15) is 0 Å². The molecule has 0 N–H and O–H groups in total. The number of anilines is 1. The van der Waals surface area contributed by atoms with E-state index in [2.05, 4.69) is 29.8 Å². The van der Waals surface area contributed by atoms with E-state index >= 15 is 0 Å². The Morgan fingerprint density at radius 2 is 1.88 bits per heavy atom. The first kappa shape index (κ1) is 11.2. The Morgan fingerprint density at radius 3 is 2.56 bits per heavy atom. The summed E-state index contributed by atoms with van der Waals surface area (Å²) in [6, 6.07) is 9.90. The fourth-order valence-electron chi connectivity index (χ4n) is 1.81. The molecule has 2 rings (SSSR count). The van der Waals surface area contributed by atoms with Crippen LogP contribution in [0, 0.1) is 0 Å². The predicted molar refractivity (Wildman–Crippen MR) is 70.3 cm³/mol. The summed E-state index contributed by atoms with van der Waals surface area (Å²) in [4.78, 5) is 6.86. The molecular formula is C13H15ClN2. The summed E-state index contributed by atoms with van der Waals surface area (Å²) in [5.41, 5.74) is 0.994. The predicted octanol–water partition coefficient (Wildman–Crippen LogP) is 3.73. The van der Waals surface area contributed by atoms with E-state index in [9.17, 15) is 0 Å². The first-order valence-electron chi connectivity index (χ1n) is 5.56. The smallest absolute Gasteiger partial charge is 0.129 e. The van der Waals surface area contributed by atoms with Gasteiger partial charge in [0.15, 0.2) is 0 Å². The van der Waals surface area contributed by atoms with Crippen LogP contribution in [0.2, 0.25) is 5.02 Å². The molecule has 1 aromatic carbocycles. The minimum atomic E-state index is 0.755. The average molecular weight is 235 g/mol. The summed E-state index contributed by atoms with van der Waals surface area (Å²) >= 11 is 5.94. The van der Waals surface area contributed by atoms with Crippen molar-refractivity contribution in [3.05, 3.63) is 35.4 Å². The molecule has 2 nitrogen and oxygen atoms in total. The van der Waals surface area contributed by atoms with Crippen LogP contribution in [-0.4, -0.2) is 18.1 Å². The number of aromatic nitrogens is 1. The molecule has 0 saturated heterocycles. The zero-order valence-electron chi connectivity index (χ0n) is 9.57. The van der Waals surface area contributed by atoms with Gasteiger partial charge in [0.05, 0.1) is 5.52 Å². The molecule has 0 unspecified atom stereocenters. The van der Waals surface area contributed by atoms with Gasteiger partial charge in [-0.25, -0.2) is 4.98 Å². The van der Waals surface area contributed by atoms with E-state index in [1.54, 1.807) is 0 Å². The van der Waals surface area contributed by atoms with Crippen LogP contribution in [0.15, 0.2) is 30.3 Å². The van der Waals surface area contributed by atoms with Gasteiger partial charge < -0.3 is 4.90 Å². The number of hydrogen-bond donors (Lipinski definition) is 0. The largest absolute Gasteiger partial charge is 0.357 e. The highest BCUT2D eigenvalue weighted by Crippen LogP contribution is 2.21. The number of rotatable bonds is 3. The molecule has 84 valence electrons. The van der Waals surface area contributed by atoms with Gasteiger partial charge in [0.1, 0.15) is 5.82 Å². The van der Waals surface area contributed by atoms with Crippen molar-refractivity contribution in [1.82, 2.24) is 4.98 Å². The molecule has 0 amide bonds. The minimum Gasteiger partial charge on any atom is -0.357 e. The maximum atomic E-state index is 5.94. The lowest BCUT2D eigenvalue weighted by molar-refractivity contribution is 0.850. The second-order valence-electron chi connectivity index (χ2n) is 3.68. The zero-order valence-corrected chi connectivity index (χ0v) is 10.3. The van der Waals surface area contributed by atoms with Gasteiger partial charge in [-0.05, 0) is 44.2 Å². The zero-order chi connectivity index (χ0) is 11.5. The molecule has 0 atom stereocenters. The van der Waals surface area contributed by atoms with Crippen LogP contribution in [0.25, 0.3) is 10.9 Å². The number of pyridine rings is 1. The van der Waals surface area contributed by atoms with Crippen molar-refractivity contribution >= 4 is 28.3 Å². The van der Waals surface area contributed by atoms with Crippen molar-refractivity contribution in [2.75, 3.05) is 18.0 Å². The maximum Gasteiger partial charge on any atom is 0.129 e. The first-order chi connectivity index (χ1) is 7.74. The average Bonchev–Trinajstić information content (AvgIpc) is 2.31. The fraction of sp³-hybridized carbons (Fsp3) is 0.308. The lowest BCUT2D eigenvalue weighted by Gasteiger charge is -2.19. The van der Waals surface area contributed by atoms with Gasteiger partial charge in [0.2, 0.25) is 0 Å². The molecular weight excluding hydrogens is 220 g/mol. The molecule has 0 fully saturated rings. The van der Waals surface area contributed by atoms with Crippen molar-refractivity contribution < 1.29 is 0 Å². The normalized spacial score (nSPS) is 10.7. The summed E-state index contributed by atoms with van der Waals surface area (Å²) in [7, 11) is 0. The molecule has 0 saturated carbocycles. The molecule has 0 aliphatic heterocycles. The minimum absolute atomic E-state index is 0.755. The Balaban J connectivity index is 2.47.